The molecule has 1 aromatic heterocycles. The minimum absolute atomic E-state index is 0.233. The smallest absolute Gasteiger partial charge is 0.192 e. The van der Waals surface area contributed by atoms with Crippen molar-refractivity contribution in [3.8, 4) is 5.75 Å². The Morgan fingerprint density at radius 2 is 1.95 bits per heavy atom. The number of hydrogen-bond donors (Lipinski definition) is 1. The number of nitrogens with zero attached hydrogens (tertiary/aromatic N) is 1. The van der Waals surface area contributed by atoms with Gasteiger partial charge in [-0.15, -0.1) is 0 Å². The van der Waals surface area contributed by atoms with Gasteiger partial charge in [0.2, 0.25) is 0 Å². The summed E-state index contributed by atoms with van der Waals surface area (Å²) < 4.78 is 11.7. The van der Waals surface area contributed by atoms with E-state index >= 15 is 0 Å². The maximum absolute atomic E-state index is 6.05. The van der Waals surface area contributed by atoms with Gasteiger partial charge in [0.25, 0.3) is 0 Å². The molecular formula is C14H26N2O2Si. The Morgan fingerprint density at radius 1 is 1.26 bits per heavy atom. The van der Waals surface area contributed by atoms with Crippen molar-refractivity contribution in [3.05, 3.63) is 24.0 Å². The van der Waals surface area contributed by atoms with Gasteiger partial charge in [0.1, 0.15) is 12.4 Å². The third kappa shape index (κ3) is 4.93. The van der Waals surface area contributed by atoms with E-state index in [-0.39, 0.29) is 5.04 Å². The first-order valence-corrected chi connectivity index (χ1v) is 9.59. The van der Waals surface area contributed by atoms with Crippen molar-refractivity contribution in [2.75, 3.05) is 13.2 Å². The van der Waals surface area contributed by atoms with E-state index in [1.54, 1.807) is 6.20 Å². The molecule has 1 aromatic rings. The monoisotopic (exact) mass is 282 g/mol. The van der Waals surface area contributed by atoms with Crippen LogP contribution in [0.5, 0.6) is 5.75 Å². The van der Waals surface area contributed by atoms with E-state index in [0.717, 1.165) is 11.4 Å². The van der Waals surface area contributed by atoms with Crippen molar-refractivity contribution in [1.29, 1.82) is 0 Å². The predicted molar refractivity (Wildman–Crippen MR) is 80.8 cm³/mol. The maximum atomic E-state index is 6.05. The quantitative estimate of drug-likeness (QED) is 0.644. The van der Waals surface area contributed by atoms with E-state index in [4.69, 9.17) is 14.9 Å². The summed E-state index contributed by atoms with van der Waals surface area (Å²) >= 11 is 0. The zero-order valence-electron chi connectivity index (χ0n) is 12.7. The predicted octanol–water partition coefficient (Wildman–Crippen LogP) is 2.94. The number of pyridine rings is 1. The molecule has 0 amide bonds. The fraction of sp³-hybridized carbons (Fsp3) is 0.643. The second-order valence-electron chi connectivity index (χ2n) is 6.14. The molecule has 0 aliphatic carbocycles. The molecule has 0 fully saturated rings. The number of aromatic nitrogens is 1. The molecule has 0 bridgehead atoms. The van der Waals surface area contributed by atoms with Crippen molar-refractivity contribution in [2.45, 2.75) is 45.4 Å². The van der Waals surface area contributed by atoms with Crippen LogP contribution in [0.3, 0.4) is 0 Å². The van der Waals surface area contributed by atoms with E-state index in [0.29, 0.717) is 19.8 Å². The summed E-state index contributed by atoms with van der Waals surface area (Å²) in [5.41, 5.74) is 6.38. The van der Waals surface area contributed by atoms with Crippen molar-refractivity contribution in [3.63, 3.8) is 0 Å². The summed E-state index contributed by atoms with van der Waals surface area (Å²) in [4.78, 5) is 4.13. The molecule has 2 N–H and O–H groups in total. The van der Waals surface area contributed by atoms with E-state index in [2.05, 4.69) is 38.8 Å². The molecule has 0 unspecified atom stereocenters. The SMILES string of the molecule is CC(C)(C)[Si](C)(C)OCCOc1ccnc(CN)c1. The molecule has 19 heavy (non-hydrogen) atoms. The van der Waals surface area contributed by atoms with Gasteiger partial charge in [0.05, 0.1) is 12.3 Å². The number of ether oxygens (including phenoxy) is 1. The minimum atomic E-state index is -1.67. The normalized spacial score (nSPS) is 12.5. The minimum Gasteiger partial charge on any atom is -0.491 e. The van der Waals surface area contributed by atoms with Crippen molar-refractivity contribution >= 4 is 8.32 Å². The molecule has 0 saturated heterocycles. The molecule has 1 heterocycles. The molecule has 108 valence electrons. The van der Waals surface area contributed by atoms with Crippen LogP contribution in [0.25, 0.3) is 0 Å². The lowest BCUT2D eigenvalue weighted by molar-refractivity contribution is 0.203. The van der Waals surface area contributed by atoms with E-state index < -0.39 is 8.32 Å². The van der Waals surface area contributed by atoms with Crippen LogP contribution >= 0.6 is 0 Å². The number of hydrogen-bond acceptors (Lipinski definition) is 4. The van der Waals surface area contributed by atoms with Crippen molar-refractivity contribution in [1.82, 2.24) is 4.98 Å². The molecule has 0 radical (unpaired) electrons. The van der Waals surface area contributed by atoms with Gasteiger partial charge in [0.15, 0.2) is 8.32 Å². The molecule has 1 rings (SSSR count). The lowest BCUT2D eigenvalue weighted by atomic mass is 10.2. The second kappa shape index (κ2) is 6.50. The zero-order chi connectivity index (χ0) is 14.5. The fourth-order valence-corrected chi connectivity index (χ4v) is 2.36. The van der Waals surface area contributed by atoms with E-state index in [1.165, 1.54) is 0 Å². The van der Waals surface area contributed by atoms with E-state index in [9.17, 15) is 0 Å². The second-order valence-corrected chi connectivity index (χ2v) is 11.0. The van der Waals surface area contributed by atoms with Crippen molar-refractivity contribution in [2.24, 2.45) is 5.73 Å². The van der Waals surface area contributed by atoms with Gasteiger partial charge in [-0.25, -0.2) is 0 Å². The van der Waals surface area contributed by atoms with Gasteiger partial charge >= 0.3 is 0 Å². The highest BCUT2D eigenvalue weighted by Gasteiger charge is 2.36. The molecular weight excluding hydrogens is 256 g/mol. The van der Waals surface area contributed by atoms with Gasteiger partial charge in [-0.05, 0) is 24.2 Å². The Hall–Kier alpha value is -0.913. The van der Waals surface area contributed by atoms with Gasteiger partial charge in [-0.1, -0.05) is 20.8 Å². The standard InChI is InChI=1S/C14H26N2O2Si/c1-14(2,3)19(4,5)18-9-8-17-13-6-7-16-12(10-13)11-15/h6-7,10H,8-9,11,15H2,1-5H3. The maximum Gasteiger partial charge on any atom is 0.192 e. The molecule has 4 nitrogen and oxygen atoms in total. The summed E-state index contributed by atoms with van der Waals surface area (Å²) in [7, 11) is -1.67. The average molecular weight is 282 g/mol. The van der Waals surface area contributed by atoms with Crippen LogP contribution in [-0.4, -0.2) is 26.5 Å². The summed E-state index contributed by atoms with van der Waals surface area (Å²) in [6, 6.07) is 3.71. The largest absolute Gasteiger partial charge is 0.491 e. The number of rotatable bonds is 6. The van der Waals surface area contributed by atoms with Gasteiger partial charge < -0.3 is 14.9 Å². The molecule has 5 heteroatoms. The third-order valence-electron chi connectivity index (χ3n) is 3.62. The highest BCUT2D eigenvalue weighted by atomic mass is 28.4. The highest BCUT2D eigenvalue weighted by molar-refractivity contribution is 6.74. The first kappa shape index (κ1) is 16.1. The lowest BCUT2D eigenvalue weighted by Gasteiger charge is -2.36. The van der Waals surface area contributed by atoms with Crippen LogP contribution in [-0.2, 0) is 11.0 Å². The Balaban J connectivity index is 2.39. The van der Waals surface area contributed by atoms with Crippen LogP contribution < -0.4 is 10.5 Å². The van der Waals surface area contributed by atoms with Crippen LogP contribution in [0.15, 0.2) is 18.3 Å². The summed E-state index contributed by atoms with van der Waals surface area (Å²) in [6.45, 7) is 12.8. The first-order chi connectivity index (χ1) is 8.76. The average Bonchev–Trinajstić information content (AvgIpc) is 2.33. The molecule has 0 aromatic carbocycles. The Labute approximate surface area is 117 Å². The van der Waals surface area contributed by atoms with Crippen LogP contribution in [0.4, 0.5) is 0 Å². The molecule has 0 saturated carbocycles. The summed E-state index contributed by atoms with van der Waals surface area (Å²) in [5.74, 6) is 0.800. The van der Waals surface area contributed by atoms with Crippen LogP contribution in [0.1, 0.15) is 26.5 Å². The van der Waals surface area contributed by atoms with E-state index in [1.807, 2.05) is 12.1 Å². The summed E-state index contributed by atoms with van der Waals surface area (Å²) in [5, 5.41) is 0.233. The van der Waals surface area contributed by atoms with Crippen LogP contribution in [0, 0.1) is 0 Å². The third-order valence-corrected chi connectivity index (χ3v) is 8.16. The Kier molecular flexibility index (Phi) is 5.52. The van der Waals surface area contributed by atoms with Gasteiger partial charge in [-0.3, -0.25) is 4.98 Å². The fourth-order valence-electron chi connectivity index (χ4n) is 1.33. The number of nitrogens with two attached hydrogens (primary N) is 1. The molecule has 0 atom stereocenters. The van der Waals surface area contributed by atoms with Crippen molar-refractivity contribution < 1.29 is 9.16 Å². The summed E-state index contributed by atoms with van der Waals surface area (Å²) in [6.07, 6.45) is 1.71. The Morgan fingerprint density at radius 3 is 2.53 bits per heavy atom. The highest BCUT2D eigenvalue weighted by Crippen LogP contribution is 2.36. The van der Waals surface area contributed by atoms with Gasteiger partial charge in [0, 0.05) is 18.8 Å². The molecule has 0 spiro atoms. The lowest BCUT2D eigenvalue weighted by Crippen LogP contribution is -2.41. The van der Waals surface area contributed by atoms with Crippen LogP contribution in [0.2, 0.25) is 18.1 Å². The topological polar surface area (TPSA) is 57.4 Å². The van der Waals surface area contributed by atoms with Gasteiger partial charge in [-0.2, -0.15) is 0 Å². The Bertz CT molecular complexity index is 403. The zero-order valence-corrected chi connectivity index (χ0v) is 13.7. The molecule has 0 aliphatic rings. The first-order valence-electron chi connectivity index (χ1n) is 6.68. The molecule has 0 aliphatic heterocycles.